The smallest absolute Gasteiger partial charge is 0.225 e. The van der Waals surface area contributed by atoms with Crippen LogP contribution in [0.2, 0.25) is 5.28 Å². The molecule has 0 aromatic carbocycles. The number of nitrogens with zero attached hydrogens (tertiary/aromatic N) is 3. The summed E-state index contributed by atoms with van der Waals surface area (Å²) >= 11 is 6.09. The summed E-state index contributed by atoms with van der Waals surface area (Å²) in [6.45, 7) is 0.807. The summed E-state index contributed by atoms with van der Waals surface area (Å²) in [6.07, 6.45) is 5.90. The Hall–Kier alpha value is -0.610. The fourth-order valence-electron chi connectivity index (χ4n) is 2.37. The van der Waals surface area contributed by atoms with Crippen LogP contribution in [0.1, 0.15) is 43.8 Å². The Balaban J connectivity index is 1.84. The quantitative estimate of drug-likeness (QED) is 0.813. The molecule has 5 heteroatoms. The number of halogens is 1. The topological polar surface area (TPSA) is 39.9 Å². The van der Waals surface area contributed by atoms with E-state index in [2.05, 4.69) is 10.2 Å². The Morgan fingerprint density at radius 2 is 2.19 bits per heavy atom. The van der Waals surface area contributed by atoms with E-state index in [1.54, 1.807) is 7.11 Å². The van der Waals surface area contributed by atoms with Gasteiger partial charge in [0.1, 0.15) is 5.82 Å². The third kappa shape index (κ3) is 1.64. The molecule has 1 aromatic heterocycles. The molecular weight excluding hydrogens is 226 g/mol. The zero-order valence-corrected chi connectivity index (χ0v) is 10.2. The molecule has 1 heterocycles. The average Bonchev–Trinajstić information content (AvgIpc) is 2.99. The summed E-state index contributed by atoms with van der Waals surface area (Å²) in [5.74, 6) is 1.63. The normalized spacial score (nSPS) is 23.1. The second-order valence-corrected chi connectivity index (χ2v) is 5.27. The molecule has 0 atom stereocenters. The number of hydrogen-bond acceptors (Lipinski definition) is 3. The van der Waals surface area contributed by atoms with Gasteiger partial charge < -0.3 is 4.74 Å². The zero-order valence-electron chi connectivity index (χ0n) is 9.45. The van der Waals surface area contributed by atoms with E-state index in [9.17, 15) is 0 Å². The van der Waals surface area contributed by atoms with E-state index in [-0.39, 0.29) is 5.60 Å². The summed E-state index contributed by atoms with van der Waals surface area (Å²) in [4.78, 5) is 0. The van der Waals surface area contributed by atoms with Crippen LogP contribution in [0.15, 0.2) is 0 Å². The summed E-state index contributed by atoms with van der Waals surface area (Å²) in [5, 5.41) is 8.66. The van der Waals surface area contributed by atoms with E-state index in [4.69, 9.17) is 16.3 Å². The van der Waals surface area contributed by atoms with E-state index in [0.29, 0.717) is 11.2 Å². The van der Waals surface area contributed by atoms with E-state index in [1.807, 2.05) is 4.57 Å². The highest BCUT2D eigenvalue weighted by atomic mass is 35.5. The summed E-state index contributed by atoms with van der Waals surface area (Å²) in [6, 6.07) is 0. The molecule has 16 heavy (non-hydrogen) atoms. The van der Waals surface area contributed by atoms with Crippen molar-refractivity contribution in [3.8, 4) is 0 Å². The number of rotatable bonds is 4. The average molecular weight is 242 g/mol. The van der Waals surface area contributed by atoms with Crippen LogP contribution in [0.3, 0.4) is 0 Å². The van der Waals surface area contributed by atoms with Crippen LogP contribution in [0.4, 0.5) is 0 Å². The standard InChI is InChI=1S/C11H16ClN3O/c1-16-11(5-2-6-11)7-15-9(8-3-4-8)13-14-10(15)12/h8H,2-7H2,1H3. The molecule has 0 saturated heterocycles. The maximum atomic E-state index is 6.09. The number of methoxy groups -OCH3 is 1. The molecule has 2 fully saturated rings. The molecule has 2 aliphatic carbocycles. The second-order valence-electron chi connectivity index (χ2n) is 4.93. The maximum absolute atomic E-state index is 6.09. The highest BCUT2D eigenvalue weighted by Crippen LogP contribution is 2.42. The minimum absolute atomic E-state index is 0.0182. The molecule has 0 aliphatic heterocycles. The van der Waals surface area contributed by atoms with Gasteiger partial charge in [0.15, 0.2) is 0 Å². The first-order valence-electron chi connectivity index (χ1n) is 5.88. The van der Waals surface area contributed by atoms with E-state index < -0.39 is 0 Å². The van der Waals surface area contributed by atoms with E-state index in [1.165, 1.54) is 19.3 Å². The van der Waals surface area contributed by atoms with Gasteiger partial charge in [-0.05, 0) is 43.7 Å². The molecule has 2 saturated carbocycles. The first kappa shape index (κ1) is 10.5. The van der Waals surface area contributed by atoms with Crippen molar-refractivity contribution in [1.82, 2.24) is 14.8 Å². The molecule has 4 nitrogen and oxygen atoms in total. The zero-order chi connectivity index (χ0) is 11.2. The lowest BCUT2D eigenvalue weighted by molar-refractivity contribution is -0.0839. The monoisotopic (exact) mass is 241 g/mol. The number of hydrogen-bond donors (Lipinski definition) is 0. The SMILES string of the molecule is COC1(Cn2c(Cl)nnc2C2CC2)CCC1. The summed E-state index contributed by atoms with van der Waals surface area (Å²) in [7, 11) is 1.79. The van der Waals surface area contributed by atoms with Crippen LogP contribution in [-0.2, 0) is 11.3 Å². The number of aromatic nitrogens is 3. The van der Waals surface area contributed by atoms with Crippen molar-refractivity contribution in [1.29, 1.82) is 0 Å². The van der Waals surface area contributed by atoms with Crippen LogP contribution in [0.25, 0.3) is 0 Å². The molecule has 0 radical (unpaired) electrons. The molecule has 0 spiro atoms. The van der Waals surface area contributed by atoms with Crippen molar-refractivity contribution in [3.63, 3.8) is 0 Å². The van der Waals surface area contributed by atoms with Crippen molar-refractivity contribution in [2.24, 2.45) is 0 Å². The molecular formula is C11H16ClN3O. The van der Waals surface area contributed by atoms with Gasteiger partial charge in [0, 0.05) is 13.0 Å². The predicted molar refractivity (Wildman–Crippen MR) is 60.6 cm³/mol. The van der Waals surface area contributed by atoms with Crippen molar-refractivity contribution >= 4 is 11.6 Å². The van der Waals surface area contributed by atoms with Gasteiger partial charge in [-0.1, -0.05) is 0 Å². The summed E-state index contributed by atoms with van der Waals surface area (Å²) in [5.41, 5.74) is -0.0182. The highest BCUT2D eigenvalue weighted by molar-refractivity contribution is 6.28. The Kier molecular flexibility index (Phi) is 2.44. The lowest BCUT2D eigenvalue weighted by Gasteiger charge is -2.40. The Morgan fingerprint density at radius 3 is 2.69 bits per heavy atom. The largest absolute Gasteiger partial charge is 0.376 e. The molecule has 3 rings (SSSR count). The van der Waals surface area contributed by atoms with Gasteiger partial charge in [-0.15, -0.1) is 10.2 Å². The molecule has 0 unspecified atom stereocenters. The minimum Gasteiger partial charge on any atom is -0.376 e. The Labute approximate surface area is 99.9 Å². The molecule has 0 amide bonds. The lowest BCUT2D eigenvalue weighted by atomic mass is 9.80. The van der Waals surface area contributed by atoms with Gasteiger partial charge in [0.2, 0.25) is 5.28 Å². The Bertz CT molecular complexity index is 390. The van der Waals surface area contributed by atoms with E-state index in [0.717, 1.165) is 25.2 Å². The molecule has 1 aromatic rings. The van der Waals surface area contributed by atoms with Gasteiger partial charge in [-0.3, -0.25) is 4.57 Å². The van der Waals surface area contributed by atoms with Crippen LogP contribution in [0.5, 0.6) is 0 Å². The van der Waals surface area contributed by atoms with E-state index >= 15 is 0 Å². The van der Waals surface area contributed by atoms with Crippen molar-refractivity contribution < 1.29 is 4.74 Å². The Morgan fingerprint density at radius 1 is 1.44 bits per heavy atom. The summed E-state index contributed by atoms with van der Waals surface area (Å²) < 4.78 is 7.67. The fourth-order valence-corrected chi connectivity index (χ4v) is 2.55. The second kappa shape index (κ2) is 3.70. The first-order valence-corrected chi connectivity index (χ1v) is 6.26. The van der Waals surface area contributed by atoms with Crippen molar-refractivity contribution in [3.05, 3.63) is 11.1 Å². The van der Waals surface area contributed by atoms with Crippen LogP contribution in [0, 0.1) is 0 Å². The highest BCUT2D eigenvalue weighted by Gasteiger charge is 2.40. The number of ether oxygens (including phenoxy) is 1. The molecule has 0 N–H and O–H groups in total. The molecule has 2 aliphatic rings. The minimum atomic E-state index is -0.0182. The first-order chi connectivity index (χ1) is 7.74. The van der Waals surface area contributed by atoms with Gasteiger partial charge >= 0.3 is 0 Å². The predicted octanol–water partition coefficient (Wildman–Crippen LogP) is 2.38. The fraction of sp³-hybridized carbons (Fsp3) is 0.818. The lowest BCUT2D eigenvalue weighted by Crippen LogP contribution is -2.43. The van der Waals surface area contributed by atoms with Gasteiger partial charge in [0.25, 0.3) is 0 Å². The molecule has 0 bridgehead atoms. The van der Waals surface area contributed by atoms with Crippen molar-refractivity contribution in [2.45, 2.75) is 50.2 Å². The third-order valence-electron chi connectivity index (χ3n) is 3.82. The van der Waals surface area contributed by atoms with Crippen molar-refractivity contribution in [2.75, 3.05) is 7.11 Å². The third-order valence-corrected chi connectivity index (χ3v) is 4.10. The molecule has 88 valence electrons. The van der Waals surface area contributed by atoms with Gasteiger partial charge in [0.05, 0.1) is 12.1 Å². The maximum Gasteiger partial charge on any atom is 0.225 e. The van der Waals surface area contributed by atoms with Crippen LogP contribution < -0.4 is 0 Å². The van der Waals surface area contributed by atoms with Gasteiger partial charge in [-0.25, -0.2) is 0 Å². The van der Waals surface area contributed by atoms with Crippen LogP contribution >= 0.6 is 11.6 Å². The van der Waals surface area contributed by atoms with Crippen LogP contribution in [-0.4, -0.2) is 27.5 Å². The van der Waals surface area contributed by atoms with Gasteiger partial charge in [-0.2, -0.15) is 0 Å².